The summed E-state index contributed by atoms with van der Waals surface area (Å²) in [6.45, 7) is 5.03. The Balaban J connectivity index is 2.30. The highest BCUT2D eigenvalue weighted by atomic mass is 32.2. The fraction of sp³-hybridized carbons (Fsp3) is 0.769. The molecule has 1 aliphatic rings. The summed E-state index contributed by atoms with van der Waals surface area (Å²) in [5.41, 5.74) is 0. The van der Waals surface area contributed by atoms with Gasteiger partial charge in [-0.1, -0.05) is 13.8 Å². The Labute approximate surface area is 118 Å². The second-order valence-corrected chi connectivity index (χ2v) is 6.13. The van der Waals surface area contributed by atoms with Gasteiger partial charge in [-0.05, 0) is 18.6 Å². The Bertz CT molecular complexity index is 358. The van der Waals surface area contributed by atoms with E-state index in [0.717, 1.165) is 6.42 Å². The molecule has 0 spiro atoms. The lowest BCUT2D eigenvalue weighted by atomic mass is 10.1. The molecule has 0 aromatic rings. The topological polar surface area (TPSA) is 66.5 Å². The Morgan fingerprint density at radius 2 is 2.16 bits per heavy atom. The van der Waals surface area contributed by atoms with Gasteiger partial charge >= 0.3 is 0 Å². The van der Waals surface area contributed by atoms with Crippen LogP contribution in [0.2, 0.25) is 0 Å². The standard InChI is InChI=1S/C13H22N2O3S/c1-9(2)4-6-14-11(16)5-7-15-12(17)8-10(19-3)13(15)18/h9-10H,4-8H2,1-3H3,(H,14,16). The van der Waals surface area contributed by atoms with Crippen molar-refractivity contribution in [3.05, 3.63) is 0 Å². The number of imide groups is 1. The second kappa shape index (κ2) is 7.53. The molecule has 6 heteroatoms. The van der Waals surface area contributed by atoms with Crippen LogP contribution >= 0.6 is 11.8 Å². The minimum atomic E-state index is -0.267. The van der Waals surface area contributed by atoms with Crippen molar-refractivity contribution in [3.63, 3.8) is 0 Å². The summed E-state index contributed by atoms with van der Waals surface area (Å²) in [4.78, 5) is 36.2. The van der Waals surface area contributed by atoms with Crippen LogP contribution in [-0.2, 0) is 14.4 Å². The maximum atomic E-state index is 11.8. The fourth-order valence-corrected chi connectivity index (χ4v) is 2.51. The van der Waals surface area contributed by atoms with Gasteiger partial charge in [0.2, 0.25) is 17.7 Å². The first-order valence-corrected chi connectivity index (χ1v) is 7.88. The molecule has 0 bridgehead atoms. The molecule has 1 heterocycles. The first-order valence-electron chi connectivity index (χ1n) is 6.59. The van der Waals surface area contributed by atoms with E-state index in [0.29, 0.717) is 12.5 Å². The molecular formula is C13H22N2O3S. The van der Waals surface area contributed by atoms with Crippen LogP contribution in [0, 0.1) is 5.92 Å². The lowest BCUT2D eigenvalue weighted by molar-refractivity contribution is -0.138. The number of thioether (sulfide) groups is 1. The van der Waals surface area contributed by atoms with Crippen molar-refractivity contribution >= 4 is 29.5 Å². The molecule has 3 amide bonds. The molecule has 1 rings (SSSR count). The highest BCUT2D eigenvalue weighted by Gasteiger charge is 2.37. The van der Waals surface area contributed by atoms with Crippen LogP contribution in [0.3, 0.4) is 0 Å². The monoisotopic (exact) mass is 286 g/mol. The van der Waals surface area contributed by atoms with Crippen molar-refractivity contribution in [1.82, 2.24) is 10.2 Å². The molecule has 1 atom stereocenters. The van der Waals surface area contributed by atoms with Gasteiger partial charge in [-0.15, -0.1) is 0 Å². The minimum Gasteiger partial charge on any atom is -0.356 e. The zero-order valence-corrected chi connectivity index (χ0v) is 12.6. The van der Waals surface area contributed by atoms with Gasteiger partial charge in [0, 0.05) is 25.9 Å². The van der Waals surface area contributed by atoms with Crippen LogP contribution in [0.15, 0.2) is 0 Å². The average molecular weight is 286 g/mol. The van der Waals surface area contributed by atoms with Gasteiger partial charge in [0.25, 0.3) is 0 Å². The predicted molar refractivity (Wildman–Crippen MR) is 75.7 cm³/mol. The molecule has 1 aliphatic heterocycles. The summed E-state index contributed by atoms with van der Waals surface area (Å²) in [6, 6.07) is 0. The molecular weight excluding hydrogens is 264 g/mol. The Hall–Kier alpha value is -1.04. The highest BCUT2D eigenvalue weighted by molar-refractivity contribution is 8.00. The number of hydrogen-bond donors (Lipinski definition) is 1. The van der Waals surface area contributed by atoms with Gasteiger partial charge in [0.15, 0.2) is 0 Å². The van der Waals surface area contributed by atoms with E-state index in [1.807, 2.05) is 6.26 Å². The molecule has 0 aromatic heterocycles. The van der Waals surface area contributed by atoms with Crippen molar-refractivity contribution in [2.45, 2.75) is 38.4 Å². The second-order valence-electron chi connectivity index (χ2n) is 5.09. The Morgan fingerprint density at radius 3 is 2.68 bits per heavy atom. The van der Waals surface area contributed by atoms with E-state index >= 15 is 0 Å². The van der Waals surface area contributed by atoms with Gasteiger partial charge in [-0.3, -0.25) is 19.3 Å². The van der Waals surface area contributed by atoms with Crippen LogP contribution in [-0.4, -0.2) is 47.2 Å². The summed E-state index contributed by atoms with van der Waals surface area (Å²) >= 11 is 1.39. The number of hydrogen-bond acceptors (Lipinski definition) is 4. The quantitative estimate of drug-likeness (QED) is 0.710. The van der Waals surface area contributed by atoms with Crippen molar-refractivity contribution in [2.24, 2.45) is 5.92 Å². The zero-order valence-electron chi connectivity index (χ0n) is 11.8. The van der Waals surface area contributed by atoms with E-state index in [1.54, 1.807) is 0 Å². The predicted octanol–water partition coefficient (Wildman–Crippen LogP) is 1.03. The fourth-order valence-electron chi connectivity index (χ4n) is 1.87. The van der Waals surface area contributed by atoms with Crippen LogP contribution < -0.4 is 5.32 Å². The zero-order chi connectivity index (χ0) is 14.4. The summed E-state index contributed by atoms with van der Waals surface area (Å²) in [5.74, 6) is 0.116. The van der Waals surface area contributed by atoms with Gasteiger partial charge < -0.3 is 5.32 Å². The highest BCUT2D eigenvalue weighted by Crippen LogP contribution is 2.22. The molecule has 1 fully saturated rings. The average Bonchev–Trinajstić information content (AvgIpc) is 2.61. The van der Waals surface area contributed by atoms with Gasteiger partial charge in [-0.25, -0.2) is 0 Å². The van der Waals surface area contributed by atoms with Crippen LogP contribution in [0.5, 0.6) is 0 Å². The third-order valence-corrected chi connectivity index (χ3v) is 4.03. The van der Waals surface area contributed by atoms with Crippen molar-refractivity contribution in [3.8, 4) is 0 Å². The number of nitrogens with one attached hydrogen (secondary N) is 1. The van der Waals surface area contributed by atoms with E-state index in [4.69, 9.17) is 0 Å². The molecule has 108 valence electrons. The number of rotatable bonds is 7. The molecule has 0 radical (unpaired) electrons. The molecule has 1 saturated heterocycles. The number of likely N-dealkylation sites (tertiary alicyclic amines) is 1. The maximum absolute atomic E-state index is 11.8. The van der Waals surface area contributed by atoms with E-state index in [9.17, 15) is 14.4 Å². The van der Waals surface area contributed by atoms with Gasteiger partial charge in [0.1, 0.15) is 0 Å². The van der Waals surface area contributed by atoms with Crippen LogP contribution in [0.25, 0.3) is 0 Å². The number of carbonyl (C=O) groups excluding carboxylic acids is 3. The van der Waals surface area contributed by atoms with Crippen molar-refractivity contribution in [2.75, 3.05) is 19.3 Å². The largest absolute Gasteiger partial charge is 0.356 e. The van der Waals surface area contributed by atoms with Gasteiger partial charge in [0.05, 0.1) is 5.25 Å². The third-order valence-electron chi connectivity index (χ3n) is 3.09. The van der Waals surface area contributed by atoms with E-state index < -0.39 is 0 Å². The van der Waals surface area contributed by atoms with Crippen molar-refractivity contribution in [1.29, 1.82) is 0 Å². The van der Waals surface area contributed by atoms with E-state index in [-0.39, 0.29) is 42.4 Å². The number of nitrogens with zero attached hydrogens (tertiary/aromatic N) is 1. The smallest absolute Gasteiger partial charge is 0.242 e. The Kier molecular flexibility index (Phi) is 6.34. The molecule has 0 saturated carbocycles. The summed E-state index contributed by atoms with van der Waals surface area (Å²) < 4.78 is 0. The SMILES string of the molecule is CSC1CC(=O)N(CCC(=O)NCCC(C)C)C1=O. The van der Waals surface area contributed by atoms with Crippen LogP contribution in [0.4, 0.5) is 0 Å². The lowest BCUT2D eigenvalue weighted by Gasteiger charge is -2.14. The first-order chi connectivity index (χ1) is 8.95. The lowest BCUT2D eigenvalue weighted by Crippen LogP contribution is -2.35. The molecule has 5 nitrogen and oxygen atoms in total. The summed E-state index contributed by atoms with van der Waals surface area (Å²) in [7, 11) is 0. The van der Waals surface area contributed by atoms with E-state index in [1.165, 1.54) is 16.7 Å². The molecule has 0 aliphatic carbocycles. The molecule has 1 N–H and O–H groups in total. The van der Waals surface area contributed by atoms with E-state index in [2.05, 4.69) is 19.2 Å². The number of amides is 3. The number of carbonyl (C=O) groups is 3. The molecule has 19 heavy (non-hydrogen) atoms. The maximum Gasteiger partial charge on any atom is 0.242 e. The molecule has 1 unspecified atom stereocenters. The van der Waals surface area contributed by atoms with Gasteiger partial charge in [-0.2, -0.15) is 11.8 Å². The van der Waals surface area contributed by atoms with Crippen molar-refractivity contribution < 1.29 is 14.4 Å². The third kappa shape index (κ3) is 4.86. The normalized spacial score (nSPS) is 19.4. The summed E-state index contributed by atoms with van der Waals surface area (Å²) in [5, 5.41) is 2.53. The summed E-state index contributed by atoms with van der Waals surface area (Å²) in [6.07, 6.45) is 3.20. The first kappa shape index (κ1) is 16.0. The molecule has 0 aromatic carbocycles. The Morgan fingerprint density at radius 1 is 1.47 bits per heavy atom. The minimum absolute atomic E-state index is 0.103. The van der Waals surface area contributed by atoms with Crippen LogP contribution in [0.1, 0.15) is 33.1 Å².